The van der Waals surface area contributed by atoms with E-state index in [0.29, 0.717) is 13.2 Å². The molecule has 6 nitrogen and oxygen atoms in total. The molecule has 0 fully saturated rings. The Morgan fingerprint density at radius 1 is 1.15 bits per heavy atom. The van der Waals surface area contributed by atoms with Crippen molar-refractivity contribution in [2.24, 2.45) is 11.7 Å². The molecule has 26 heavy (non-hydrogen) atoms. The van der Waals surface area contributed by atoms with E-state index < -0.39 is 6.04 Å². The summed E-state index contributed by atoms with van der Waals surface area (Å²) in [5.74, 6) is 0.261. The standard InChI is InChI=1S/C19H31N3O3.ClH/c1-13(2)17(20)18(24)22-12-16(23)21-10-11-25-15-9-7-6-8-14(15)19(3,4)5;/h6-9,13,17H,10-12,20H2,1-5H3,(H,21,23)(H,22,24);1H/t17-;/m0./s1. The minimum atomic E-state index is -0.606. The molecule has 4 N–H and O–H groups in total. The summed E-state index contributed by atoms with van der Waals surface area (Å²) in [5, 5.41) is 5.25. The Labute approximate surface area is 162 Å². The monoisotopic (exact) mass is 385 g/mol. The highest BCUT2D eigenvalue weighted by molar-refractivity contribution is 5.87. The summed E-state index contributed by atoms with van der Waals surface area (Å²) in [4.78, 5) is 23.4. The van der Waals surface area contributed by atoms with Gasteiger partial charge in [0.1, 0.15) is 12.4 Å². The molecule has 0 heterocycles. The average Bonchev–Trinajstić information content (AvgIpc) is 2.55. The van der Waals surface area contributed by atoms with Gasteiger partial charge in [-0.15, -0.1) is 12.4 Å². The summed E-state index contributed by atoms with van der Waals surface area (Å²) in [7, 11) is 0. The zero-order valence-corrected chi connectivity index (χ0v) is 17.1. The van der Waals surface area contributed by atoms with Crippen LogP contribution in [0, 0.1) is 5.92 Å². The first-order valence-corrected chi connectivity index (χ1v) is 8.65. The second-order valence-electron chi connectivity index (χ2n) is 7.43. The fraction of sp³-hybridized carbons (Fsp3) is 0.579. The van der Waals surface area contributed by atoms with Crippen molar-refractivity contribution in [2.45, 2.75) is 46.1 Å². The van der Waals surface area contributed by atoms with E-state index in [4.69, 9.17) is 10.5 Å². The van der Waals surface area contributed by atoms with E-state index in [-0.39, 0.29) is 42.1 Å². The Morgan fingerprint density at radius 3 is 2.35 bits per heavy atom. The maximum absolute atomic E-state index is 11.8. The highest BCUT2D eigenvalue weighted by atomic mass is 35.5. The first-order chi connectivity index (χ1) is 11.6. The Bertz CT molecular complexity index is 586. The van der Waals surface area contributed by atoms with Gasteiger partial charge < -0.3 is 21.1 Å². The number of ether oxygens (including phenoxy) is 1. The predicted molar refractivity (Wildman–Crippen MR) is 107 cm³/mol. The van der Waals surface area contributed by atoms with Crippen LogP contribution >= 0.6 is 12.4 Å². The van der Waals surface area contributed by atoms with E-state index in [1.54, 1.807) is 0 Å². The van der Waals surface area contributed by atoms with E-state index in [9.17, 15) is 9.59 Å². The lowest BCUT2D eigenvalue weighted by atomic mass is 9.86. The van der Waals surface area contributed by atoms with Crippen molar-refractivity contribution in [3.8, 4) is 5.75 Å². The van der Waals surface area contributed by atoms with Gasteiger partial charge in [-0.1, -0.05) is 52.8 Å². The summed E-state index contributed by atoms with van der Waals surface area (Å²) in [5.41, 5.74) is 6.82. The van der Waals surface area contributed by atoms with Crippen LogP contribution in [0.1, 0.15) is 40.2 Å². The number of carbonyl (C=O) groups is 2. The van der Waals surface area contributed by atoms with Crippen LogP contribution < -0.4 is 21.1 Å². The lowest BCUT2D eigenvalue weighted by molar-refractivity contribution is -0.127. The van der Waals surface area contributed by atoms with Gasteiger partial charge in [-0.05, 0) is 23.0 Å². The first-order valence-electron chi connectivity index (χ1n) is 8.65. The van der Waals surface area contributed by atoms with E-state index in [2.05, 4.69) is 31.4 Å². The molecule has 0 aliphatic carbocycles. The number of nitrogens with one attached hydrogen (secondary N) is 2. The molecule has 0 bridgehead atoms. The van der Waals surface area contributed by atoms with Crippen LogP contribution in [0.5, 0.6) is 5.75 Å². The molecule has 0 saturated heterocycles. The Hall–Kier alpha value is -1.79. The average molecular weight is 386 g/mol. The van der Waals surface area contributed by atoms with E-state index in [1.807, 2.05) is 38.1 Å². The van der Waals surface area contributed by atoms with E-state index >= 15 is 0 Å². The van der Waals surface area contributed by atoms with Crippen LogP contribution in [0.4, 0.5) is 0 Å². The number of nitrogens with two attached hydrogens (primary N) is 1. The van der Waals surface area contributed by atoms with Crippen LogP contribution in [0.15, 0.2) is 24.3 Å². The number of halogens is 1. The molecule has 0 unspecified atom stereocenters. The van der Waals surface area contributed by atoms with Gasteiger partial charge in [0.2, 0.25) is 11.8 Å². The zero-order valence-electron chi connectivity index (χ0n) is 16.3. The number of hydrogen-bond donors (Lipinski definition) is 3. The van der Waals surface area contributed by atoms with Gasteiger partial charge in [0, 0.05) is 0 Å². The Kier molecular flexibility index (Phi) is 10.3. The van der Waals surface area contributed by atoms with Crippen LogP contribution in [0.2, 0.25) is 0 Å². The zero-order chi connectivity index (χ0) is 19.0. The largest absolute Gasteiger partial charge is 0.491 e. The van der Waals surface area contributed by atoms with Gasteiger partial charge in [0.25, 0.3) is 0 Å². The van der Waals surface area contributed by atoms with Crippen LogP contribution in [0.3, 0.4) is 0 Å². The highest BCUT2D eigenvalue weighted by Crippen LogP contribution is 2.30. The first kappa shape index (κ1) is 24.2. The lowest BCUT2D eigenvalue weighted by Gasteiger charge is -2.22. The third-order valence-electron chi connectivity index (χ3n) is 3.82. The molecule has 1 aromatic carbocycles. The molecule has 0 aromatic heterocycles. The fourth-order valence-electron chi connectivity index (χ4n) is 2.21. The summed E-state index contributed by atoms with van der Waals surface area (Å²) in [6.07, 6.45) is 0. The van der Waals surface area contributed by atoms with Crippen molar-refractivity contribution >= 4 is 24.2 Å². The van der Waals surface area contributed by atoms with E-state index in [0.717, 1.165) is 11.3 Å². The van der Waals surface area contributed by atoms with Crippen molar-refractivity contribution < 1.29 is 14.3 Å². The van der Waals surface area contributed by atoms with Gasteiger partial charge in [0.05, 0.1) is 19.1 Å². The minimum absolute atomic E-state index is 0. The number of hydrogen-bond acceptors (Lipinski definition) is 4. The second kappa shape index (κ2) is 11.0. The van der Waals surface area contributed by atoms with Gasteiger partial charge in [0.15, 0.2) is 0 Å². The second-order valence-corrected chi connectivity index (χ2v) is 7.43. The van der Waals surface area contributed by atoms with Gasteiger partial charge >= 0.3 is 0 Å². The lowest BCUT2D eigenvalue weighted by Crippen LogP contribution is -2.47. The molecule has 0 spiro atoms. The van der Waals surface area contributed by atoms with Crippen molar-refractivity contribution in [3.05, 3.63) is 29.8 Å². The fourth-order valence-corrected chi connectivity index (χ4v) is 2.21. The van der Waals surface area contributed by atoms with Gasteiger partial charge in [-0.3, -0.25) is 9.59 Å². The van der Waals surface area contributed by atoms with Crippen LogP contribution in [-0.2, 0) is 15.0 Å². The van der Waals surface area contributed by atoms with E-state index in [1.165, 1.54) is 0 Å². The third-order valence-corrected chi connectivity index (χ3v) is 3.82. The third kappa shape index (κ3) is 8.06. The molecular weight excluding hydrogens is 354 g/mol. The number of para-hydroxylation sites is 1. The normalized spacial score (nSPS) is 12.1. The summed E-state index contributed by atoms with van der Waals surface area (Å²) < 4.78 is 5.79. The molecule has 2 amide bonds. The smallest absolute Gasteiger partial charge is 0.239 e. The topological polar surface area (TPSA) is 93.5 Å². The molecule has 1 rings (SSSR count). The minimum Gasteiger partial charge on any atom is -0.491 e. The predicted octanol–water partition coefficient (Wildman–Crippen LogP) is 2.00. The molecule has 1 atom stereocenters. The molecule has 0 aliphatic heterocycles. The van der Waals surface area contributed by atoms with Gasteiger partial charge in [-0.25, -0.2) is 0 Å². The maximum atomic E-state index is 11.8. The SMILES string of the molecule is CC(C)[C@H](N)C(=O)NCC(=O)NCCOc1ccccc1C(C)(C)C.Cl. The molecule has 148 valence electrons. The Balaban J connectivity index is 0.00000625. The van der Waals surface area contributed by atoms with Crippen LogP contribution in [-0.4, -0.2) is 37.6 Å². The molecule has 0 radical (unpaired) electrons. The number of amides is 2. The molecular formula is C19H32ClN3O3. The summed E-state index contributed by atoms with van der Waals surface area (Å²) in [6.45, 7) is 10.7. The van der Waals surface area contributed by atoms with Crippen molar-refractivity contribution in [1.29, 1.82) is 0 Å². The number of benzene rings is 1. The summed E-state index contributed by atoms with van der Waals surface area (Å²) in [6, 6.07) is 7.28. The number of rotatable bonds is 8. The summed E-state index contributed by atoms with van der Waals surface area (Å²) >= 11 is 0. The maximum Gasteiger partial charge on any atom is 0.239 e. The molecule has 1 aromatic rings. The van der Waals surface area contributed by atoms with Crippen molar-refractivity contribution in [3.63, 3.8) is 0 Å². The molecule has 0 saturated carbocycles. The number of carbonyl (C=O) groups excluding carboxylic acids is 2. The van der Waals surface area contributed by atoms with Crippen molar-refractivity contribution in [1.82, 2.24) is 10.6 Å². The van der Waals surface area contributed by atoms with Gasteiger partial charge in [-0.2, -0.15) is 0 Å². The molecule has 7 heteroatoms. The van der Waals surface area contributed by atoms with Crippen LogP contribution in [0.25, 0.3) is 0 Å². The highest BCUT2D eigenvalue weighted by Gasteiger charge is 2.19. The molecule has 0 aliphatic rings. The Morgan fingerprint density at radius 2 is 1.77 bits per heavy atom. The quantitative estimate of drug-likeness (QED) is 0.596. The van der Waals surface area contributed by atoms with Crippen molar-refractivity contribution in [2.75, 3.05) is 19.7 Å².